The zero-order chi connectivity index (χ0) is 15.1. The van der Waals surface area contributed by atoms with Crippen molar-refractivity contribution in [3.8, 4) is 0 Å². The summed E-state index contributed by atoms with van der Waals surface area (Å²) in [4.78, 5) is 26.5. The van der Waals surface area contributed by atoms with E-state index in [4.69, 9.17) is 9.15 Å². The Morgan fingerprint density at radius 2 is 2.14 bits per heavy atom. The second kappa shape index (κ2) is 5.18. The maximum Gasteiger partial charge on any atom is 0.257 e. The second-order valence-electron chi connectivity index (χ2n) is 5.70. The number of carbonyl (C=O) groups is 2. The number of carbonyl (C=O) groups excluding carboxylic acids is 2. The smallest absolute Gasteiger partial charge is 0.257 e. The monoisotopic (exact) mass is 292 g/mol. The molecule has 3 atom stereocenters. The maximum atomic E-state index is 12.8. The van der Waals surface area contributed by atoms with Crippen molar-refractivity contribution in [3.63, 3.8) is 0 Å². The van der Waals surface area contributed by atoms with Gasteiger partial charge in [-0.05, 0) is 26.3 Å². The SMILES string of the molecule is CNC(=O)[C@H]1CN(C(=O)c2cc(C)oc2C)[C@@H]2CCO[C@H]12. The number of furan rings is 1. The lowest BCUT2D eigenvalue weighted by atomic mass is 10.0. The van der Waals surface area contributed by atoms with Gasteiger partial charge in [-0.15, -0.1) is 0 Å². The number of rotatable bonds is 2. The summed E-state index contributed by atoms with van der Waals surface area (Å²) in [6.07, 6.45) is 0.585. The minimum Gasteiger partial charge on any atom is -0.466 e. The molecule has 2 saturated heterocycles. The van der Waals surface area contributed by atoms with Gasteiger partial charge in [0, 0.05) is 20.2 Å². The third kappa shape index (κ3) is 2.23. The Bertz CT molecular complexity index is 580. The van der Waals surface area contributed by atoms with Gasteiger partial charge in [0.1, 0.15) is 11.5 Å². The quantitative estimate of drug-likeness (QED) is 0.878. The summed E-state index contributed by atoms with van der Waals surface area (Å²) in [5.41, 5.74) is 0.579. The number of fused-ring (bicyclic) bond motifs is 1. The van der Waals surface area contributed by atoms with Crippen molar-refractivity contribution >= 4 is 11.8 Å². The van der Waals surface area contributed by atoms with Crippen LogP contribution in [0, 0.1) is 19.8 Å². The third-order valence-electron chi connectivity index (χ3n) is 4.41. The first-order chi connectivity index (χ1) is 10.0. The van der Waals surface area contributed by atoms with E-state index >= 15 is 0 Å². The van der Waals surface area contributed by atoms with Crippen LogP contribution in [0.2, 0.25) is 0 Å². The summed E-state index contributed by atoms with van der Waals surface area (Å²) in [6, 6.07) is 1.74. The van der Waals surface area contributed by atoms with Gasteiger partial charge < -0.3 is 19.4 Å². The van der Waals surface area contributed by atoms with Gasteiger partial charge in [0.25, 0.3) is 5.91 Å². The lowest BCUT2D eigenvalue weighted by Crippen LogP contribution is -2.37. The molecule has 0 unspecified atom stereocenters. The highest BCUT2D eigenvalue weighted by atomic mass is 16.5. The average molecular weight is 292 g/mol. The van der Waals surface area contributed by atoms with E-state index in [-0.39, 0.29) is 29.9 Å². The molecule has 2 aliphatic rings. The summed E-state index contributed by atoms with van der Waals surface area (Å²) in [6.45, 7) is 4.60. The van der Waals surface area contributed by atoms with E-state index in [0.29, 0.717) is 24.5 Å². The molecule has 0 aliphatic carbocycles. The van der Waals surface area contributed by atoms with E-state index < -0.39 is 0 Å². The number of aryl methyl sites for hydroxylation is 2. The standard InChI is InChI=1S/C15H20N2O4/c1-8-6-10(9(2)21-8)15(19)17-7-11(14(18)16-3)13-12(17)4-5-20-13/h6,11-13H,4-5,7H2,1-3H3,(H,16,18)/t11-,12+,13+/m0/s1. The van der Waals surface area contributed by atoms with Crippen molar-refractivity contribution < 1.29 is 18.7 Å². The molecule has 0 saturated carbocycles. The third-order valence-corrected chi connectivity index (χ3v) is 4.41. The molecule has 6 heteroatoms. The second-order valence-corrected chi connectivity index (χ2v) is 5.70. The highest BCUT2D eigenvalue weighted by Gasteiger charge is 2.50. The van der Waals surface area contributed by atoms with E-state index in [0.717, 1.165) is 12.2 Å². The van der Waals surface area contributed by atoms with E-state index in [1.165, 1.54) is 0 Å². The van der Waals surface area contributed by atoms with Crippen LogP contribution in [-0.2, 0) is 9.53 Å². The first-order valence-electron chi connectivity index (χ1n) is 7.24. The van der Waals surface area contributed by atoms with Crippen molar-refractivity contribution in [1.29, 1.82) is 0 Å². The van der Waals surface area contributed by atoms with Crippen molar-refractivity contribution in [2.24, 2.45) is 5.92 Å². The molecule has 0 radical (unpaired) electrons. The van der Waals surface area contributed by atoms with Gasteiger partial charge in [0.05, 0.1) is 23.6 Å². The fraction of sp³-hybridized carbons (Fsp3) is 0.600. The van der Waals surface area contributed by atoms with Crippen molar-refractivity contribution in [2.75, 3.05) is 20.2 Å². The van der Waals surface area contributed by atoms with Crippen LogP contribution >= 0.6 is 0 Å². The molecule has 3 heterocycles. The molecular weight excluding hydrogens is 272 g/mol. The molecular formula is C15H20N2O4. The van der Waals surface area contributed by atoms with Gasteiger partial charge in [0.15, 0.2) is 0 Å². The maximum absolute atomic E-state index is 12.8. The zero-order valence-corrected chi connectivity index (χ0v) is 12.5. The first kappa shape index (κ1) is 14.1. The fourth-order valence-corrected chi connectivity index (χ4v) is 3.42. The highest BCUT2D eigenvalue weighted by molar-refractivity contribution is 5.96. The molecule has 0 spiro atoms. The highest BCUT2D eigenvalue weighted by Crippen LogP contribution is 2.35. The molecule has 6 nitrogen and oxygen atoms in total. The molecule has 1 N–H and O–H groups in total. The summed E-state index contributed by atoms with van der Waals surface area (Å²) >= 11 is 0. The summed E-state index contributed by atoms with van der Waals surface area (Å²) in [7, 11) is 1.61. The minimum atomic E-state index is -0.292. The lowest BCUT2D eigenvalue weighted by molar-refractivity contribution is -0.127. The zero-order valence-electron chi connectivity index (χ0n) is 12.5. The number of hydrogen-bond donors (Lipinski definition) is 1. The number of amides is 2. The number of ether oxygens (including phenoxy) is 1. The Labute approximate surface area is 123 Å². The van der Waals surface area contributed by atoms with Crippen LogP contribution in [-0.4, -0.2) is 49.1 Å². The Balaban J connectivity index is 1.87. The Morgan fingerprint density at radius 3 is 2.76 bits per heavy atom. The molecule has 2 fully saturated rings. The van der Waals surface area contributed by atoms with Crippen molar-refractivity contribution in [1.82, 2.24) is 10.2 Å². The molecule has 2 amide bonds. The predicted molar refractivity (Wildman–Crippen MR) is 74.9 cm³/mol. The first-order valence-corrected chi connectivity index (χ1v) is 7.24. The Hall–Kier alpha value is -1.82. The summed E-state index contributed by atoms with van der Waals surface area (Å²) < 4.78 is 11.1. The number of nitrogens with one attached hydrogen (secondary N) is 1. The summed E-state index contributed by atoms with van der Waals surface area (Å²) in [5, 5.41) is 2.66. The van der Waals surface area contributed by atoms with E-state index in [2.05, 4.69) is 5.32 Å². The molecule has 114 valence electrons. The van der Waals surface area contributed by atoms with Crippen LogP contribution in [0.1, 0.15) is 28.3 Å². The minimum absolute atomic E-state index is 0.0191. The number of likely N-dealkylation sites (tertiary alicyclic amines) is 1. The van der Waals surface area contributed by atoms with Crippen LogP contribution in [0.4, 0.5) is 0 Å². The molecule has 0 aromatic carbocycles. The Morgan fingerprint density at radius 1 is 1.38 bits per heavy atom. The van der Waals surface area contributed by atoms with Gasteiger partial charge in [-0.25, -0.2) is 0 Å². The van der Waals surface area contributed by atoms with Gasteiger partial charge in [-0.2, -0.15) is 0 Å². The van der Waals surface area contributed by atoms with Crippen LogP contribution in [0.5, 0.6) is 0 Å². The molecule has 21 heavy (non-hydrogen) atoms. The van der Waals surface area contributed by atoms with Crippen molar-refractivity contribution in [2.45, 2.75) is 32.4 Å². The molecule has 1 aromatic heterocycles. The number of nitrogens with zero attached hydrogens (tertiary/aromatic N) is 1. The normalized spacial score (nSPS) is 27.8. The van der Waals surface area contributed by atoms with E-state index in [1.807, 2.05) is 6.92 Å². The fourth-order valence-electron chi connectivity index (χ4n) is 3.42. The van der Waals surface area contributed by atoms with Gasteiger partial charge in [-0.3, -0.25) is 9.59 Å². The lowest BCUT2D eigenvalue weighted by Gasteiger charge is -2.22. The average Bonchev–Trinajstić information content (AvgIpc) is 3.11. The van der Waals surface area contributed by atoms with Crippen LogP contribution in [0.25, 0.3) is 0 Å². The predicted octanol–water partition coefficient (Wildman–Crippen LogP) is 0.872. The number of hydrogen-bond acceptors (Lipinski definition) is 4. The Kier molecular flexibility index (Phi) is 3.49. The molecule has 3 rings (SSSR count). The largest absolute Gasteiger partial charge is 0.466 e. The van der Waals surface area contributed by atoms with E-state index in [9.17, 15) is 9.59 Å². The van der Waals surface area contributed by atoms with Gasteiger partial charge >= 0.3 is 0 Å². The van der Waals surface area contributed by atoms with Crippen LogP contribution in [0.3, 0.4) is 0 Å². The molecule has 2 aliphatic heterocycles. The van der Waals surface area contributed by atoms with E-state index in [1.54, 1.807) is 24.9 Å². The topological polar surface area (TPSA) is 71.8 Å². The van der Waals surface area contributed by atoms with Crippen molar-refractivity contribution in [3.05, 3.63) is 23.2 Å². The van der Waals surface area contributed by atoms with Crippen LogP contribution in [0.15, 0.2) is 10.5 Å². The van der Waals surface area contributed by atoms with Gasteiger partial charge in [0.2, 0.25) is 5.91 Å². The van der Waals surface area contributed by atoms with Crippen LogP contribution < -0.4 is 5.32 Å². The molecule has 0 bridgehead atoms. The molecule has 1 aromatic rings. The van der Waals surface area contributed by atoms with Gasteiger partial charge in [-0.1, -0.05) is 0 Å². The summed E-state index contributed by atoms with van der Waals surface area (Å²) in [5.74, 6) is 0.909.